The highest BCUT2D eigenvalue weighted by Crippen LogP contribution is 2.19. The van der Waals surface area contributed by atoms with Gasteiger partial charge in [0.25, 0.3) is 5.56 Å². The van der Waals surface area contributed by atoms with Gasteiger partial charge in [-0.1, -0.05) is 23.8 Å². The fourth-order valence-electron chi connectivity index (χ4n) is 2.13. The smallest absolute Gasteiger partial charge is 0.251 e. The van der Waals surface area contributed by atoms with E-state index in [-0.39, 0.29) is 5.56 Å². The molecule has 0 radical (unpaired) electrons. The van der Waals surface area contributed by atoms with Crippen LogP contribution in [0, 0.1) is 13.8 Å². The third-order valence-electron chi connectivity index (χ3n) is 2.89. The molecule has 18 heavy (non-hydrogen) atoms. The molecule has 4 nitrogen and oxygen atoms in total. The van der Waals surface area contributed by atoms with E-state index < -0.39 is 0 Å². The molecule has 0 fully saturated rings. The van der Waals surface area contributed by atoms with Crippen LogP contribution in [0.25, 0.3) is 16.9 Å². The molecule has 0 aliphatic heterocycles. The number of aromatic nitrogens is 3. The Bertz CT molecular complexity index is 783. The average molecular weight is 239 g/mol. The number of fused-ring (bicyclic) bond motifs is 1. The zero-order valence-electron chi connectivity index (χ0n) is 10.3. The molecule has 1 N–H and O–H groups in total. The van der Waals surface area contributed by atoms with Crippen molar-refractivity contribution in [3.8, 4) is 11.3 Å². The SMILES string of the molecule is Cc1cccc(-c2cc(=O)[nH]c3cc(C)nn23)c1. The number of H-pyrrole nitrogens is 1. The molecule has 0 aliphatic rings. The Morgan fingerprint density at radius 1 is 1.17 bits per heavy atom. The van der Waals surface area contributed by atoms with E-state index in [1.165, 1.54) is 0 Å². The fraction of sp³-hybridized carbons (Fsp3) is 0.143. The van der Waals surface area contributed by atoms with Gasteiger partial charge in [-0.25, -0.2) is 4.52 Å². The van der Waals surface area contributed by atoms with Gasteiger partial charge in [0.15, 0.2) is 0 Å². The van der Waals surface area contributed by atoms with Gasteiger partial charge in [-0.15, -0.1) is 0 Å². The molecule has 3 rings (SSSR count). The number of hydrogen-bond acceptors (Lipinski definition) is 2. The molecule has 4 heteroatoms. The summed E-state index contributed by atoms with van der Waals surface area (Å²) in [5.41, 5.74) is 4.45. The summed E-state index contributed by atoms with van der Waals surface area (Å²) in [7, 11) is 0. The number of aromatic amines is 1. The van der Waals surface area contributed by atoms with E-state index in [2.05, 4.69) is 10.1 Å². The summed E-state index contributed by atoms with van der Waals surface area (Å²) in [6.45, 7) is 3.94. The van der Waals surface area contributed by atoms with Gasteiger partial charge in [0.05, 0.1) is 11.4 Å². The third kappa shape index (κ3) is 1.72. The van der Waals surface area contributed by atoms with Gasteiger partial charge in [-0.3, -0.25) is 4.79 Å². The number of nitrogens with zero attached hydrogens (tertiary/aromatic N) is 2. The van der Waals surface area contributed by atoms with Crippen LogP contribution < -0.4 is 5.56 Å². The first-order chi connectivity index (χ1) is 8.63. The van der Waals surface area contributed by atoms with Crippen molar-refractivity contribution >= 4 is 5.65 Å². The van der Waals surface area contributed by atoms with E-state index in [0.29, 0.717) is 0 Å². The van der Waals surface area contributed by atoms with Gasteiger partial charge in [0.2, 0.25) is 0 Å². The minimum absolute atomic E-state index is 0.112. The largest absolute Gasteiger partial charge is 0.307 e. The Morgan fingerprint density at radius 3 is 2.78 bits per heavy atom. The molecule has 0 saturated carbocycles. The molecule has 2 heterocycles. The maximum Gasteiger partial charge on any atom is 0.251 e. The third-order valence-corrected chi connectivity index (χ3v) is 2.89. The lowest BCUT2D eigenvalue weighted by Gasteiger charge is -2.05. The number of hydrogen-bond donors (Lipinski definition) is 1. The average Bonchev–Trinajstić information content (AvgIpc) is 2.68. The summed E-state index contributed by atoms with van der Waals surface area (Å²) in [6, 6.07) is 11.5. The van der Waals surface area contributed by atoms with Crippen molar-refractivity contribution in [2.45, 2.75) is 13.8 Å². The normalized spacial score (nSPS) is 11.0. The first-order valence-electron chi connectivity index (χ1n) is 5.80. The molecule has 3 aromatic rings. The Labute approximate surface area is 104 Å². The summed E-state index contributed by atoms with van der Waals surface area (Å²) >= 11 is 0. The van der Waals surface area contributed by atoms with Crippen LogP contribution in [0.15, 0.2) is 41.2 Å². The van der Waals surface area contributed by atoms with Gasteiger partial charge in [-0.2, -0.15) is 5.10 Å². The minimum atomic E-state index is -0.112. The molecule has 0 atom stereocenters. The van der Waals surface area contributed by atoms with Crippen LogP contribution in [0.3, 0.4) is 0 Å². The molecular formula is C14H13N3O. The van der Waals surface area contributed by atoms with Crippen LogP contribution in [-0.2, 0) is 0 Å². The highest BCUT2D eigenvalue weighted by Gasteiger charge is 2.07. The maximum absolute atomic E-state index is 11.7. The molecule has 0 aliphatic carbocycles. The number of rotatable bonds is 1. The zero-order valence-corrected chi connectivity index (χ0v) is 10.3. The minimum Gasteiger partial charge on any atom is -0.307 e. The predicted octanol–water partition coefficient (Wildman–Crippen LogP) is 2.31. The lowest BCUT2D eigenvalue weighted by Crippen LogP contribution is -2.09. The number of nitrogens with one attached hydrogen (secondary N) is 1. The van der Waals surface area contributed by atoms with E-state index in [4.69, 9.17) is 0 Å². The summed E-state index contributed by atoms with van der Waals surface area (Å²) in [5, 5.41) is 4.41. The van der Waals surface area contributed by atoms with Gasteiger partial charge in [-0.05, 0) is 19.9 Å². The van der Waals surface area contributed by atoms with Crippen molar-refractivity contribution in [2.24, 2.45) is 0 Å². The lowest BCUT2D eigenvalue weighted by molar-refractivity contribution is 0.918. The summed E-state index contributed by atoms with van der Waals surface area (Å²) in [6.07, 6.45) is 0. The lowest BCUT2D eigenvalue weighted by atomic mass is 10.1. The van der Waals surface area contributed by atoms with Crippen molar-refractivity contribution < 1.29 is 0 Å². The second-order valence-electron chi connectivity index (χ2n) is 4.47. The monoisotopic (exact) mass is 239 g/mol. The van der Waals surface area contributed by atoms with Crippen LogP contribution in [0.5, 0.6) is 0 Å². The molecule has 0 unspecified atom stereocenters. The van der Waals surface area contributed by atoms with Crippen molar-refractivity contribution in [3.05, 3.63) is 58.0 Å². The Morgan fingerprint density at radius 2 is 2.00 bits per heavy atom. The molecule has 1 aromatic carbocycles. The zero-order chi connectivity index (χ0) is 12.7. The van der Waals surface area contributed by atoms with Gasteiger partial charge >= 0.3 is 0 Å². The van der Waals surface area contributed by atoms with E-state index in [1.807, 2.05) is 44.2 Å². The summed E-state index contributed by atoms with van der Waals surface area (Å²) in [5.74, 6) is 0. The second kappa shape index (κ2) is 3.84. The molecule has 0 saturated heterocycles. The summed E-state index contributed by atoms with van der Waals surface area (Å²) in [4.78, 5) is 14.5. The van der Waals surface area contributed by atoms with Crippen molar-refractivity contribution in [3.63, 3.8) is 0 Å². The predicted molar refractivity (Wildman–Crippen MR) is 70.7 cm³/mol. The number of benzene rings is 1. The first kappa shape index (κ1) is 10.8. The van der Waals surface area contributed by atoms with Crippen molar-refractivity contribution in [2.75, 3.05) is 0 Å². The Balaban J connectivity index is 2.37. The topological polar surface area (TPSA) is 50.2 Å². The van der Waals surface area contributed by atoms with Gasteiger partial charge in [0, 0.05) is 17.7 Å². The second-order valence-corrected chi connectivity index (χ2v) is 4.47. The standard InChI is InChI=1S/C14H13N3O/c1-9-4-3-5-11(6-9)12-8-14(18)15-13-7-10(2)16-17(12)13/h3-8H,1-2H3,(H,15,18). The van der Waals surface area contributed by atoms with E-state index >= 15 is 0 Å². The highest BCUT2D eigenvalue weighted by atomic mass is 16.1. The maximum atomic E-state index is 11.7. The van der Waals surface area contributed by atoms with E-state index in [0.717, 1.165) is 28.2 Å². The molecular weight excluding hydrogens is 226 g/mol. The molecule has 0 amide bonds. The van der Waals surface area contributed by atoms with Crippen LogP contribution in [0.4, 0.5) is 0 Å². The summed E-state index contributed by atoms with van der Waals surface area (Å²) < 4.78 is 1.77. The first-order valence-corrected chi connectivity index (χ1v) is 5.80. The van der Waals surface area contributed by atoms with Crippen molar-refractivity contribution in [1.82, 2.24) is 14.6 Å². The molecule has 90 valence electrons. The van der Waals surface area contributed by atoms with Crippen LogP contribution in [0.1, 0.15) is 11.3 Å². The van der Waals surface area contributed by atoms with Crippen LogP contribution in [-0.4, -0.2) is 14.6 Å². The van der Waals surface area contributed by atoms with Crippen LogP contribution >= 0.6 is 0 Å². The Hall–Kier alpha value is -2.36. The fourth-order valence-corrected chi connectivity index (χ4v) is 2.13. The van der Waals surface area contributed by atoms with E-state index in [1.54, 1.807) is 10.6 Å². The molecule has 0 bridgehead atoms. The molecule has 0 spiro atoms. The highest BCUT2D eigenvalue weighted by molar-refractivity contribution is 5.63. The van der Waals surface area contributed by atoms with Crippen molar-refractivity contribution in [1.29, 1.82) is 0 Å². The van der Waals surface area contributed by atoms with Crippen LogP contribution in [0.2, 0.25) is 0 Å². The Kier molecular flexibility index (Phi) is 2.30. The van der Waals surface area contributed by atoms with E-state index in [9.17, 15) is 4.79 Å². The quantitative estimate of drug-likeness (QED) is 0.708. The van der Waals surface area contributed by atoms with Gasteiger partial charge < -0.3 is 4.98 Å². The number of aryl methyl sites for hydroxylation is 2. The van der Waals surface area contributed by atoms with Gasteiger partial charge in [0.1, 0.15) is 5.65 Å². The molecule has 2 aromatic heterocycles.